The van der Waals surface area contributed by atoms with Crippen molar-refractivity contribution in [2.45, 2.75) is 12.6 Å². The third-order valence-corrected chi connectivity index (χ3v) is 4.71. The van der Waals surface area contributed by atoms with Crippen molar-refractivity contribution in [3.8, 4) is 0 Å². The van der Waals surface area contributed by atoms with Crippen molar-refractivity contribution in [3.05, 3.63) is 71.7 Å². The Balaban J connectivity index is 1.50. The monoisotopic (exact) mass is 382 g/mol. The number of nitrogens with one attached hydrogen (secondary N) is 1. The van der Waals surface area contributed by atoms with E-state index in [1.807, 2.05) is 30.3 Å². The Morgan fingerprint density at radius 3 is 2.82 bits per heavy atom. The third kappa shape index (κ3) is 3.75. The summed E-state index contributed by atoms with van der Waals surface area (Å²) < 4.78 is 24.3. The predicted molar refractivity (Wildman–Crippen MR) is 100 cm³/mol. The Morgan fingerprint density at radius 2 is 2.00 bits per heavy atom. The SMILES string of the molecule is O=C(c1cc2cc(F)ccc2o1)[C@@H]1CNCCN1C(=O)OCc1ccccc1. The number of halogens is 1. The molecule has 6 nitrogen and oxygen atoms in total. The van der Waals surface area contributed by atoms with Gasteiger partial charge in [-0.3, -0.25) is 9.69 Å². The van der Waals surface area contributed by atoms with Gasteiger partial charge in [-0.25, -0.2) is 9.18 Å². The van der Waals surface area contributed by atoms with Gasteiger partial charge in [-0.2, -0.15) is 0 Å². The van der Waals surface area contributed by atoms with Crippen molar-refractivity contribution in [1.29, 1.82) is 0 Å². The molecule has 0 spiro atoms. The largest absolute Gasteiger partial charge is 0.453 e. The molecule has 1 saturated heterocycles. The number of amides is 1. The highest BCUT2D eigenvalue weighted by atomic mass is 19.1. The van der Waals surface area contributed by atoms with E-state index >= 15 is 0 Å². The van der Waals surface area contributed by atoms with Crippen LogP contribution in [0.2, 0.25) is 0 Å². The molecular weight excluding hydrogens is 363 g/mol. The van der Waals surface area contributed by atoms with Gasteiger partial charge in [0, 0.05) is 25.0 Å². The molecule has 144 valence electrons. The molecule has 1 aliphatic heterocycles. The van der Waals surface area contributed by atoms with Crippen LogP contribution in [0.15, 0.2) is 59.0 Å². The van der Waals surface area contributed by atoms with Gasteiger partial charge in [-0.05, 0) is 29.8 Å². The second-order valence-electron chi connectivity index (χ2n) is 6.61. The van der Waals surface area contributed by atoms with Gasteiger partial charge >= 0.3 is 6.09 Å². The highest BCUT2D eigenvalue weighted by Gasteiger charge is 2.35. The number of hydrogen-bond donors (Lipinski definition) is 1. The van der Waals surface area contributed by atoms with Crippen LogP contribution in [0.4, 0.5) is 9.18 Å². The second-order valence-corrected chi connectivity index (χ2v) is 6.61. The highest BCUT2D eigenvalue weighted by Crippen LogP contribution is 2.23. The molecule has 4 rings (SSSR count). The summed E-state index contributed by atoms with van der Waals surface area (Å²) in [5, 5.41) is 3.62. The Kier molecular flexibility index (Phi) is 5.08. The molecule has 2 aromatic carbocycles. The summed E-state index contributed by atoms with van der Waals surface area (Å²) >= 11 is 0. The van der Waals surface area contributed by atoms with Crippen molar-refractivity contribution >= 4 is 22.8 Å². The first-order valence-corrected chi connectivity index (χ1v) is 9.03. The molecule has 1 amide bonds. The fraction of sp³-hybridized carbons (Fsp3) is 0.238. The summed E-state index contributed by atoms with van der Waals surface area (Å²) in [6, 6.07) is 14.2. The smallest absolute Gasteiger partial charge is 0.410 e. The number of ketones is 1. The molecule has 1 atom stereocenters. The van der Waals surface area contributed by atoms with Crippen LogP contribution in [-0.2, 0) is 11.3 Å². The van der Waals surface area contributed by atoms with Crippen molar-refractivity contribution in [3.63, 3.8) is 0 Å². The van der Waals surface area contributed by atoms with Gasteiger partial charge in [0.2, 0.25) is 5.78 Å². The number of carbonyl (C=O) groups is 2. The fourth-order valence-electron chi connectivity index (χ4n) is 3.26. The minimum atomic E-state index is -0.748. The molecule has 1 fully saturated rings. The maximum atomic E-state index is 13.4. The van der Waals surface area contributed by atoms with E-state index < -0.39 is 18.0 Å². The van der Waals surface area contributed by atoms with E-state index in [0.29, 0.717) is 30.6 Å². The fourth-order valence-corrected chi connectivity index (χ4v) is 3.26. The lowest BCUT2D eigenvalue weighted by molar-refractivity contribution is 0.0580. The maximum absolute atomic E-state index is 13.4. The number of rotatable bonds is 4. The number of hydrogen-bond acceptors (Lipinski definition) is 5. The lowest BCUT2D eigenvalue weighted by Gasteiger charge is -2.33. The first kappa shape index (κ1) is 18.2. The van der Waals surface area contributed by atoms with Crippen LogP contribution in [-0.4, -0.2) is 42.5 Å². The van der Waals surface area contributed by atoms with E-state index in [1.165, 1.54) is 29.2 Å². The number of ether oxygens (including phenoxy) is 1. The van der Waals surface area contributed by atoms with Crippen LogP contribution < -0.4 is 5.32 Å². The molecule has 1 aliphatic rings. The van der Waals surface area contributed by atoms with E-state index in [4.69, 9.17) is 9.15 Å². The van der Waals surface area contributed by atoms with Gasteiger partial charge in [0.1, 0.15) is 24.0 Å². The Morgan fingerprint density at radius 1 is 1.18 bits per heavy atom. The number of Topliss-reactive ketones (excluding diaryl/α,β-unsaturated/α-hetero) is 1. The lowest BCUT2D eigenvalue weighted by atomic mass is 10.1. The number of fused-ring (bicyclic) bond motifs is 1. The number of benzene rings is 2. The van der Waals surface area contributed by atoms with Gasteiger partial charge < -0.3 is 14.5 Å². The molecular formula is C21H19FN2O4. The summed E-state index contributed by atoms with van der Waals surface area (Å²) in [5.74, 6) is -0.659. The number of piperazine rings is 1. The topological polar surface area (TPSA) is 71.8 Å². The molecule has 1 aromatic heterocycles. The van der Waals surface area contributed by atoms with E-state index in [1.54, 1.807) is 0 Å². The van der Waals surface area contributed by atoms with Crippen LogP contribution in [0.3, 0.4) is 0 Å². The van der Waals surface area contributed by atoms with Gasteiger partial charge in [-0.1, -0.05) is 30.3 Å². The van der Waals surface area contributed by atoms with Crippen LogP contribution in [0, 0.1) is 5.82 Å². The first-order chi connectivity index (χ1) is 13.6. The maximum Gasteiger partial charge on any atom is 0.410 e. The van der Waals surface area contributed by atoms with Crippen molar-refractivity contribution in [2.24, 2.45) is 0 Å². The lowest BCUT2D eigenvalue weighted by Crippen LogP contribution is -2.57. The van der Waals surface area contributed by atoms with Crippen LogP contribution in [0.1, 0.15) is 16.1 Å². The molecule has 2 heterocycles. The van der Waals surface area contributed by atoms with E-state index in [2.05, 4.69) is 5.32 Å². The number of furan rings is 1. The third-order valence-electron chi connectivity index (χ3n) is 4.71. The molecule has 0 unspecified atom stereocenters. The standard InChI is InChI=1S/C21H19FN2O4/c22-16-6-7-18-15(10-16)11-19(28-18)20(25)17-12-23-8-9-24(17)21(26)27-13-14-4-2-1-3-5-14/h1-7,10-11,17,23H,8-9,12-13H2/t17-/m0/s1. The normalized spacial score (nSPS) is 16.9. The first-order valence-electron chi connectivity index (χ1n) is 9.03. The van der Waals surface area contributed by atoms with Gasteiger partial charge in [-0.15, -0.1) is 0 Å². The summed E-state index contributed by atoms with van der Waals surface area (Å²) in [6.07, 6.45) is -0.550. The summed E-state index contributed by atoms with van der Waals surface area (Å²) in [4.78, 5) is 27.0. The average molecular weight is 382 g/mol. The van der Waals surface area contributed by atoms with E-state index in [-0.39, 0.29) is 18.2 Å². The molecule has 0 aliphatic carbocycles. The van der Waals surface area contributed by atoms with Crippen LogP contribution >= 0.6 is 0 Å². The van der Waals surface area contributed by atoms with Gasteiger partial charge in [0.15, 0.2) is 5.76 Å². The van der Waals surface area contributed by atoms with Crippen molar-refractivity contribution in [2.75, 3.05) is 19.6 Å². The van der Waals surface area contributed by atoms with Crippen LogP contribution in [0.5, 0.6) is 0 Å². The minimum Gasteiger partial charge on any atom is -0.453 e. The molecule has 3 aromatic rings. The molecule has 0 saturated carbocycles. The summed E-state index contributed by atoms with van der Waals surface area (Å²) in [5.41, 5.74) is 1.29. The predicted octanol–water partition coefficient (Wildman–Crippen LogP) is 3.37. The zero-order chi connectivity index (χ0) is 19.5. The molecule has 0 bridgehead atoms. The van der Waals surface area contributed by atoms with Crippen molar-refractivity contribution < 1.29 is 23.1 Å². The van der Waals surface area contributed by atoms with Gasteiger partial charge in [0.05, 0.1) is 0 Å². The summed E-state index contributed by atoms with van der Waals surface area (Å²) in [6.45, 7) is 1.34. The molecule has 1 N–H and O–H groups in total. The van der Waals surface area contributed by atoms with E-state index in [0.717, 1.165) is 5.56 Å². The molecule has 7 heteroatoms. The Labute approximate surface area is 160 Å². The summed E-state index contributed by atoms with van der Waals surface area (Å²) in [7, 11) is 0. The zero-order valence-electron chi connectivity index (χ0n) is 15.1. The second kappa shape index (κ2) is 7.82. The zero-order valence-corrected chi connectivity index (χ0v) is 15.1. The Bertz CT molecular complexity index is 1000. The molecule has 0 radical (unpaired) electrons. The van der Waals surface area contributed by atoms with E-state index in [9.17, 15) is 14.0 Å². The van der Waals surface area contributed by atoms with Crippen LogP contribution in [0.25, 0.3) is 11.0 Å². The molecule has 28 heavy (non-hydrogen) atoms. The highest BCUT2D eigenvalue weighted by molar-refractivity contribution is 6.02. The van der Waals surface area contributed by atoms with Crippen molar-refractivity contribution in [1.82, 2.24) is 10.2 Å². The average Bonchev–Trinajstić information content (AvgIpc) is 3.15. The van der Waals surface area contributed by atoms with Gasteiger partial charge in [0.25, 0.3) is 0 Å². The number of nitrogens with zero attached hydrogens (tertiary/aromatic N) is 1. The Hall–Kier alpha value is -3.19. The quantitative estimate of drug-likeness (QED) is 0.701. The minimum absolute atomic E-state index is 0.0927. The number of carbonyl (C=O) groups excluding carboxylic acids is 2.